The van der Waals surface area contributed by atoms with E-state index in [-0.39, 0.29) is 17.7 Å². The van der Waals surface area contributed by atoms with E-state index in [1.165, 1.54) is 0 Å². The van der Waals surface area contributed by atoms with Crippen molar-refractivity contribution in [3.05, 3.63) is 29.8 Å². The minimum atomic E-state index is -0.159. The van der Waals surface area contributed by atoms with Gasteiger partial charge in [0.1, 0.15) is 0 Å². The second kappa shape index (κ2) is 6.92. The highest BCUT2D eigenvalue weighted by molar-refractivity contribution is 6.04. The van der Waals surface area contributed by atoms with Gasteiger partial charge in [-0.1, -0.05) is 39.8 Å². The van der Waals surface area contributed by atoms with Crippen LogP contribution in [0.4, 0.5) is 5.69 Å². The number of carbonyl (C=O) groups is 2. The molecule has 0 heterocycles. The predicted octanol–water partition coefficient (Wildman–Crippen LogP) is 2.67. The van der Waals surface area contributed by atoms with Crippen LogP contribution in [0.25, 0.3) is 0 Å². The van der Waals surface area contributed by atoms with E-state index < -0.39 is 0 Å². The average molecular weight is 262 g/mol. The van der Waals surface area contributed by atoms with Gasteiger partial charge in [-0.3, -0.25) is 9.59 Å². The number of nitrogens with one attached hydrogen (secondary N) is 2. The predicted molar refractivity (Wildman–Crippen MR) is 77.1 cm³/mol. The fraction of sp³-hybridized carbons (Fsp3) is 0.467. The van der Waals surface area contributed by atoms with Gasteiger partial charge in [0.25, 0.3) is 5.91 Å². The minimum Gasteiger partial charge on any atom is -0.352 e. The fourth-order valence-corrected chi connectivity index (χ4v) is 1.46. The molecule has 0 unspecified atom stereocenters. The van der Waals surface area contributed by atoms with Gasteiger partial charge in [-0.05, 0) is 18.1 Å². The van der Waals surface area contributed by atoms with Crippen LogP contribution in [-0.2, 0) is 4.79 Å². The van der Waals surface area contributed by atoms with E-state index in [0.717, 1.165) is 0 Å². The summed E-state index contributed by atoms with van der Waals surface area (Å²) in [6.45, 7) is 8.32. The van der Waals surface area contributed by atoms with E-state index in [4.69, 9.17) is 0 Å². The largest absolute Gasteiger partial charge is 0.352 e. The number of rotatable bonds is 5. The molecule has 0 aliphatic rings. The summed E-state index contributed by atoms with van der Waals surface area (Å²) < 4.78 is 0. The average Bonchev–Trinajstić information content (AvgIpc) is 2.36. The summed E-state index contributed by atoms with van der Waals surface area (Å²) in [5, 5.41) is 5.63. The highest BCUT2D eigenvalue weighted by Crippen LogP contribution is 2.16. The van der Waals surface area contributed by atoms with E-state index in [9.17, 15) is 9.59 Å². The lowest BCUT2D eigenvalue weighted by molar-refractivity contribution is -0.118. The highest BCUT2D eigenvalue weighted by Gasteiger charge is 2.14. The molecule has 0 aliphatic carbocycles. The number of benzene rings is 1. The van der Waals surface area contributed by atoms with Gasteiger partial charge in [-0.25, -0.2) is 0 Å². The van der Waals surface area contributed by atoms with Crippen LogP contribution in [0, 0.1) is 11.8 Å². The monoisotopic (exact) mass is 262 g/mol. The van der Waals surface area contributed by atoms with E-state index >= 15 is 0 Å². The van der Waals surface area contributed by atoms with Crippen molar-refractivity contribution in [2.75, 3.05) is 11.9 Å². The first-order valence-electron chi connectivity index (χ1n) is 6.60. The third-order valence-corrected chi connectivity index (χ3v) is 2.62. The summed E-state index contributed by atoms with van der Waals surface area (Å²) in [6.07, 6.45) is 0. The molecule has 0 atom stereocenters. The van der Waals surface area contributed by atoms with Gasteiger partial charge in [0.05, 0.1) is 11.3 Å². The Hall–Kier alpha value is -1.84. The molecule has 1 aromatic rings. The summed E-state index contributed by atoms with van der Waals surface area (Å²) in [5.74, 6) is 0.0191. The Morgan fingerprint density at radius 1 is 1.11 bits per heavy atom. The molecule has 1 rings (SSSR count). The summed E-state index contributed by atoms with van der Waals surface area (Å²) in [7, 11) is 0. The van der Waals surface area contributed by atoms with Crippen LogP contribution in [0.3, 0.4) is 0 Å². The number of amides is 2. The summed E-state index contributed by atoms with van der Waals surface area (Å²) in [4.78, 5) is 23.8. The zero-order valence-corrected chi connectivity index (χ0v) is 12.0. The van der Waals surface area contributed by atoms with Crippen LogP contribution in [0.15, 0.2) is 24.3 Å². The Kier molecular flexibility index (Phi) is 5.55. The molecule has 0 aromatic heterocycles. The molecule has 0 saturated carbocycles. The van der Waals surface area contributed by atoms with Crippen molar-refractivity contribution < 1.29 is 9.59 Å². The maximum absolute atomic E-state index is 12.1. The maximum atomic E-state index is 12.1. The van der Waals surface area contributed by atoms with Crippen LogP contribution in [-0.4, -0.2) is 18.4 Å². The van der Waals surface area contributed by atoms with Gasteiger partial charge in [0.2, 0.25) is 5.91 Å². The fourth-order valence-electron chi connectivity index (χ4n) is 1.46. The van der Waals surface area contributed by atoms with E-state index in [0.29, 0.717) is 23.7 Å². The molecular formula is C15H22N2O2. The first kappa shape index (κ1) is 15.2. The molecule has 0 fully saturated rings. The molecule has 104 valence electrons. The second-order valence-electron chi connectivity index (χ2n) is 5.29. The van der Waals surface area contributed by atoms with Gasteiger partial charge in [0, 0.05) is 12.5 Å². The molecule has 2 amide bonds. The number of hydrogen-bond donors (Lipinski definition) is 2. The molecule has 2 N–H and O–H groups in total. The molecule has 4 heteroatoms. The first-order valence-corrected chi connectivity index (χ1v) is 6.60. The lowest BCUT2D eigenvalue weighted by Crippen LogP contribution is -2.29. The smallest absolute Gasteiger partial charge is 0.253 e. The molecular weight excluding hydrogens is 240 g/mol. The van der Waals surface area contributed by atoms with Crippen LogP contribution in [0.1, 0.15) is 38.1 Å². The van der Waals surface area contributed by atoms with Crippen molar-refractivity contribution in [1.29, 1.82) is 0 Å². The molecule has 0 spiro atoms. The minimum absolute atomic E-state index is 0.0934. The van der Waals surface area contributed by atoms with E-state index in [1.807, 2.05) is 27.7 Å². The van der Waals surface area contributed by atoms with Crippen molar-refractivity contribution in [2.45, 2.75) is 27.7 Å². The Morgan fingerprint density at radius 3 is 2.32 bits per heavy atom. The van der Waals surface area contributed by atoms with Crippen molar-refractivity contribution in [3.8, 4) is 0 Å². The summed E-state index contributed by atoms with van der Waals surface area (Å²) in [5.41, 5.74) is 1.06. The summed E-state index contributed by atoms with van der Waals surface area (Å²) >= 11 is 0. The van der Waals surface area contributed by atoms with Crippen molar-refractivity contribution in [1.82, 2.24) is 5.32 Å². The number of hydrogen-bond acceptors (Lipinski definition) is 2. The van der Waals surface area contributed by atoms with Crippen LogP contribution >= 0.6 is 0 Å². The van der Waals surface area contributed by atoms with Crippen LogP contribution in [0.5, 0.6) is 0 Å². The van der Waals surface area contributed by atoms with E-state index in [1.54, 1.807) is 24.3 Å². The molecule has 0 saturated heterocycles. The Bertz CT molecular complexity index is 453. The second-order valence-corrected chi connectivity index (χ2v) is 5.29. The first-order chi connectivity index (χ1) is 8.91. The number of anilines is 1. The number of carbonyl (C=O) groups excluding carboxylic acids is 2. The highest BCUT2D eigenvalue weighted by atomic mass is 16.2. The molecule has 19 heavy (non-hydrogen) atoms. The Labute approximate surface area is 114 Å². The third-order valence-electron chi connectivity index (χ3n) is 2.62. The van der Waals surface area contributed by atoms with Crippen molar-refractivity contribution in [2.24, 2.45) is 11.8 Å². The van der Waals surface area contributed by atoms with Crippen LogP contribution in [0.2, 0.25) is 0 Å². The van der Waals surface area contributed by atoms with Crippen molar-refractivity contribution in [3.63, 3.8) is 0 Å². The SMILES string of the molecule is CC(C)CNC(=O)c1ccccc1NC(=O)C(C)C. The quantitative estimate of drug-likeness (QED) is 0.857. The van der Waals surface area contributed by atoms with Gasteiger partial charge in [-0.15, -0.1) is 0 Å². The molecule has 0 bridgehead atoms. The van der Waals surface area contributed by atoms with Gasteiger partial charge < -0.3 is 10.6 Å². The molecule has 0 aliphatic heterocycles. The molecule has 4 nitrogen and oxygen atoms in total. The molecule has 0 radical (unpaired) electrons. The zero-order chi connectivity index (χ0) is 14.4. The Morgan fingerprint density at radius 2 is 1.74 bits per heavy atom. The van der Waals surface area contributed by atoms with E-state index in [2.05, 4.69) is 10.6 Å². The Balaban J connectivity index is 2.83. The molecule has 1 aromatic carbocycles. The van der Waals surface area contributed by atoms with Crippen LogP contribution < -0.4 is 10.6 Å². The van der Waals surface area contributed by atoms with Crippen molar-refractivity contribution >= 4 is 17.5 Å². The standard InChI is InChI=1S/C15H22N2O2/c1-10(2)9-16-15(19)12-7-5-6-8-13(12)17-14(18)11(3)4/h5-8,10-11H,9H2,1-4H3,(H,16,19)(H,17,18). The lowest BCUT2D eigenvalue weighted by Gasteiger charge is -2.13. The normalized spacial score (nSPS) is 10.6. The van der Waals surface area contributed by atoms with Gasteiger partial charge in [-0.2, -0.15) is 0 Å². The topological polar surface area (TPSA) is 58.2 Å². The summed E-state index contributed by atoms with van der Waals surface area (Å²) in [6, 6.07) is 7.04. The number of para-hydroxylation sites is 1. The zero-order valence-electron chi connectivity index (χ0n) is 12.0. The van der Waals surface area contributed by atoms with Gasteiger partial charge >= 0.3 is 0 Å². The lowest BCUT2D eigenvalue weighted by atomic mass is 10.1. The van der Waals surface area contributed by atoms with Gasteiger partial charge in [0.15, 0.2) is 0 Å². The maximum Gasteiger partial charge on any atom is 0.253 e. The third kappa shape index (κ3) is 4.73.